The molecule has 0 unspecified atom stereocenters. The monoisotopic (exact) mass is 295 g/mol. The Morgan fingerprint density at radius 2 is 2.10 bits per heavy atom. The SMILES string of the molecule is C[NH+]1CCN(CCOCCNc2cc(O)ccc2N)CC1. The van der Waals surface area contributed by atoms with E-state index >= 15 is 0 Å². The van der Waals surface area contributed by atoms with Crippen LogP contribution in [0.5, 0.6) is 5.75 Å². The maximum absolute atomic E-state index is 9.41. The highest BCUT2D eigenvalue weighted by molar-refractivity contribution is 5.67. The molecule has 0 aliphatic carbocycles. The van der Waals surface area contributed by atoms with Crippen molar-refractivity contribution in [1.82, 2.24) is 4.90 Å². The van der Waals surface area contributed by atoms with Gasteiger partial charge in [-0.3, -0.25) is 4.90 Å². The third kappa shape index (κ3) is 5.41. The summed E-state index contributed by atoms with van der Waals surface area (Å²) < 4.78 is 5.64. The van der Waals surface area contributed by atoms with Gasteiger partial charge in [0.1, 0.15) is 5.75 Å². The zero-order valence-electron chi connectivity index (χ0n) is 12.8. The Bertz CT molecular complexity index is 434. The lowest BCUT2D eigenvalue weighted by atomic mass is 10.2. The number of benzene rings is 1. The van der Waals surface area contributed by atoms with E-state index in [9.17, 15) is 5.11 Å². The molecule has 0 saturated carbocycles. The summed E-state index contributed by atoms with van der Waals surface area (Å²) >= 11 is 0. The molecule has 0 atom stereocenters. The van der Waals surface area contributed by atoms with Crippen LogP contribution in [0.1, 0.15) is 0 Å². The predicted molar refractivity (Wildman–Crippen MR) is 84.9 cm³/mol. The molecule has 0 bridgehead atoms. The summed E-state index contributed by atoms with van der Waals surface area (Å²) in [5, 5.41) is 12.6. The Morgan fingerprint density at radius 3 is 2.86 bits per heavy atom. The minimum atomic E-state index is 0.213. The Labute approximate surface area is 126 Å². The number of likely N-dealkylation sites (N-methyl/N-ethyl adjacent to an activating group) is 1. The molecule has 1 aromatic rings. The smallest absolute Gasteiger partial charge is 0.117 e. The summed E-state index contributed by atoms with van der Waals surface area (Å²) in [6.45, 7) is 7.84. The van der Waals surface area contributed by atoms with Gasteiger partial charge < -0.3 is 25.8 Å². The van der Waals surface area contributed by atoms with Crippen LogP contribution in [0.2, 0.25) is 0 Å². The average molecular weight is 295 g/mol. The number of piperazine rings is 1. The molecule has 2 rings (SSSR count). The lowest BCUT2D eigenvalue weighted by molar-refractivity contribution is -0.884. The highest BCUT2D eigenvalue weighted by Gasteiger charge is 2.15. The zero-order valence-corrected chi connectivity index (χ0v) is 12.8. The van der Waals surface area contributed by atoms with Crippen LogP contribution in [0.25, 0.3) is 0 Å². The van der Waals surface area contributed by atoms with Crippen LogP contribution in [0.4, 0.5) is 11.4 Å². The van der Waals surface area contributed by atoms with Crippen molar-refractivity contribution >= 4 is 11.4 Å². The molecule has 21 heavy (non-hydrogen) atoms. The van der Waals surface area contributed by atoms with Crippen LogP contribution in [-0.2, 0) is 4.74 Å². The van der Waals surface area contributed by atoms with Gasteiger partial charge in [-0.1, -0.05) is 0 Å². The van der Waals surface area contributed by atoms with Crippen molar-refractivity contribution in [1.29, 1.82) is 0 Å². The van der Waals surface area contributed by atoms with E-state index in [1.165, 1.54) is 13.1 Å². The van der Waals surface area contributed by atoms with Gasteiger partial charge in [-0.25, -0.2) is 0 Å². The number of ether oxygens (including phenoxy) is 1. The predicted octanol–water partition coefficient (Wildman–Crippen LogP) is -0.767. The van der Waals surface area contributed by atoms with Gasteiger partial charge in [-0.2, -0.15) is 0 Å². The normalized spacial score (nSPS) is 17.0. The number of nitrogens with one attached hydrogen (secondary N) is 2. The summed E-state index contributed by atoms with van der Waals surface area (Å²) in [4.78, 5) is 4.06. The molecular weight excluding hydrogens is 268 g/mol. The molecule has 118 valence electrons. The first-order valence-electron chi connectivity index (χ1n) is 7.59. The van der Waals surface area contributed by atoms with Gasteiger partial charge in [0.05, 0.1) is 44.7 Å². The van der Waals surface area contributed by atoms with Gasteiger partial charge >= 0.3 is 0 Å². The average Bonchev–Trinajstić information content (AvgIpc) is 2.48. The third-order valence-corrected chi connectivity index (χ3v) is 3.86. The maximum atomic E-state index is 9.41. The molecule has 6 nitrogen and oxygen atoms in total. The largest absolute Gasteiger partial charge is 0.508 e. The standard InChI is InChI=1S/C15H26N4O2/c1-18-5-7-19(8-6-18)9-11-21-10-4-17-15-12-13(20)2-3-14(15)16/h2-3,12,17,20H,4-11,16H2,1H3/p+1. The van der Waals surface area contributed by atoms with Gasteiger partial charge in [0.25, 0.3) is 0 Å². The number of phenolic OH excluding ortho intramolecular Hbond substituents is 1. The number of nitrogens with zero attached hydrogens (tertiary/aromatic N) is 1. The number of nitrogen functional groups attached to an aromatic ring is 1. The van der Waals surface area contributed by atoms with E-state index in [0.717, 1.165) is 31.9 Å². The number of aromatic hydroxyl groups is 1. The van der Waals surface area contributed by atoms with Crippen molar-refractivity contribution < 1.29 is 14.7 Å². The summed E-state index contributed by atoms with van der Waals surface area (Å²) in [7, 11) is 2.24. The van der Waals surface area contributed by atoms with E-state index < -0.39 is 0 Å². The Kier molecular flexibility index (Phi) is 6.10. The van der Waals surface area contributed by atoms with Crippen LogP contribution in [0.15, 0.2) is 18.2 Å². The second-order valence-electron chi connectivity index (χ2n) is 5.61. The molecule has 1 aliphatic rings. The Morgan fingerprint density at radius 1 is 1.33 bits per heavy atom. The molecular formula is C15H27N4O2+. The van der Waals surface area contributed by atoms with Crippen LogP contribution in [-0.4, -0.2) is 69.5 Å². The third-order valence-electron chi connectivity index (χ3n) is 3.86. The summed E-state index contributed by atoms with van der Waals surface area (Å²) in [6, 6.07) is 4.89. The number of phenols is 1. The molecule has 1 saturated heterocycles. The van der Waals surface area contributed by atoms with Crippen molar-refractivity contribution in [3.63, 3.8) is 0 Å². The van der Waals surface area contributed by atoms with Crippen molar-refractivity contribution in [3.05, 3.63) is 18.2 Å². The molecule has 0 spiro atoms. The van der Waals surface area contributed by atoms with Crippen LogP contribution in [0.3, 0.4) is 0 Å². The molecule has 1 aliphatic heterocycles. The summed E-state index contributed by atoms with van der Waals surface area (Å²) in [6.07, 6.45) is 0. The fraction of sp³-hybridized carbons (Fsp3) is 0.600. The van der Waals surface area contributed by atoms with Crippen LogP contribution >= 0.6 is 0 Å². The molecule has 0 radical (unpaired) electrons. The van der Waals surface area contributed by atoms with Gasteiger partial charge in [0.15, 0.2) is 0 Å². The molecule has 0 aromatic heterocycles. The lowest BCUT2D eigenvalue weighted by Crippen LogP contribution is -3.12. The number of hydrogen-bond acceptors (Lipinski definition) is 5. The van der Waals surface area contributed by atoms with E-state index in [1.807, 2.05) is 0 Å². The molecule has 1 heterocycles. The van der Waals surface area contributed by atoms with E-state index in [2.05, 4.69) is 17.3 Å². The van der Waals surface area contributed by atoms with Gasteiger partial charge in [0, 0.05) is 32.2 Å². The van der Waals surface area contributed by atoms with Crippen LogP contribution < -0.4 is 16.0 Å². The van der Waals surface area contributed by atoms with E-state index in [0.29, 0.717) is 18.8 Å². The number of anilines is 2. The fourth-order valence-electron chi connectivity index (χ4n) is 2.41. The molecule has 1 aromatic carbocycles. The van der Waals surface area contributed by atoms with E-state index in [4.69, 9.17) is 10.5 Å². The second kappa shape index (κ2) is 8.07. The van der Waals surface area contributed by atoms with E-state index in [-0.39, 0.29) is 5.75 Å². The topological polar surface area (TPSA) is 75.2 Å². The Balaban J connectivity index is 1.55. The highest BCUT2D eigenvalue weighted by atomic mass is 16.5. The molecule has 5 N–H and O–H groups in total. The fourth-order valence-corrected chi connectivity index (χ4v) is 2.41. The minimum absolute atomic E-state index is 0.213. The first kappa shape index (κ1) is 15.9. The first-order valence-corrected chi connectivity index (χ1v) is 7.59. The van der Waals surface area contributed by atoms with Crippen molar-refractivity contribution in [2.24, 2.45) is 0 Å². The molecule has 0 amide bonds. The Hall–Kier alpha value is -1.50. The second-order valence-corrected chi connectivity index (χ2v) is 5.61. The number of nitrogens with two attached hydrogens (primary N) is 1. The quantitative estimate of drug-likeness (QED) is 0.302. The first-order chi connectivity index (χ1) is 10.1. The van der Waals surface area contributed by atoms with Gasteiger partial charge in [-0.05, 0) is 12.1 Å². The number of rotatable bonds is 7. The molecule has 6 heteroatoms. The number of quaternary nitrogens is 1. The highest BCUT2D eigenvalue weighted by Crippen LogP contribution is 2.23. The maximum Gasteiger partial charge on any atom is 0.117 e. The minimum Gasteiger partial charge on any atom is -0.508 e. The lowest BCUT2D eigenvalue weighted by Gasteiger charge is -2.29. The van der Waals surface area contributed by atoms with Crippen molar-refractivity contribution in [2.45, 2.75) is 0 Å². The zero-order chi connectivity index (χ0) is 15.1. The van der Waals surface area contributed by atoms with Crippen molar-refractivity contribution in [2.75, 3.05) is 70.6 Å². The van der Waals surface area contributed by atoms with Crippen LogP contribution in [0, 0.1) is 0 Å². The van der Waals surface area contributed by atoms with Gasteiger partial charge in [-0.15, -0.1) is 0 Å². The van der Waals surface area contributed by atoms with Crippen molar-refractivity contribution in [3.8, 4) is 5.75 Å². The van der Waals surface area contributed by atoms with E-state index in [1.54, 1.807) is 23.1 Å². The molecule has 1 fully saturated rings. The summed E-state index contributed by atoms with van der Waals surface area (Å²) in [5.74, 6) is 0.213. The summed E-state index contributed by atoms with van der Waals surface area (Å²) in [5.41, 5.74) is 7.20. The van der Waals surface area contributed by atoms with Gasteiger partial charge in [0.2, 0.25) is 0 Å². The number of hydrogen-bond donors (Lipinski definition) is 4.